The van der Waals surface area contributed by atoms with Crippen LogP contribution < -0.4 is 19.6 Å². The number of carbonyl (C=O) groups excluding carboxylic acids is 1. The van der Waals surface area contributed by atoms with Gasteiger partial charge in [0.15, 0.2) is 11.5 Å². The van der Waals surface area contributed by atoms with E-state index in [4.69, 9.17) is 14.2 Å². The molecule has 0 heterocycles. The molecule has 1 N–H and O–H groups in total. The van der Waals surface area contributed by atoms with Crippen molar-refractivity contribution in [2.45, 2.75) is 6.61 Å². The predicted octanol–water partition coefficient (Wildman–Crippen LogP) is 5.11. The maximum atomic E-state index is 12.7. The van der Waals surface area contributed by atoms with E-state index in [0.717, 1.165) is 10.8 Å². The van der Waals surface area contributed by atoms with Crippen molar-refractivity contribution in [3.63, 3.8) is 0 Å². The molecule has 4 rings (SSSR count). The predicted molar refractivity (Wildman–Crippen MR) is 136 cm³/mol. The Kier molecular flexibility index (Phi) is 7.40. The molecule has 36 heavy (non-hydrogen) atoms. The van der Waals surface area contributed by atoms with Crippen molar-refractivity contribution in [1.29, 1.82) is 0 Å². The van der Waals surface area contributed by atoms with Gasteiger partial charge >= 0.3 is 0 Å². The lowest BCUT2D eigenvalue weighted by Crippen LogP contribution is -2.18. The Morgan fingerprint density at radius 1 is 0.917 bits per heavy atom. The number of non-ortho nitro benzene ring substituents is 1. The number of nitrogens with one attached hydrogen (secondary N) is 1. The zero-order valence-corrected chi connectivity index (χ0v) is 19.6. The van der Waals surface area contributed by atoms with Gasteiger partial charge in [0, 0.05) is 12.1 Å². The molecule has 0 fully saturated rings. The summed E-state index contributed by atoms with van der Waals surface area (Å²) in [5.74, 6) is 0.962. The number of benzene rings is 4. The summed E-state index contributed by atoms with van der Waals surface area (Å²) in [4.78, 5) is 23.2. The van der Waals surface area contributed by atoms with Crippen LogP contribution in [0.4, 0.5) is 5.69 Å². The van der Waals surface area contributed by atoms with Gasteiger partial charge in [-0.05, 0) is 52.2 Å². The molecular formula is C27H23N3O6. The van der Waals surface area contributed by atoms with Crippen molar-refractivity contribution in [2.24, 2.45) is 5.10 Å². The molecule has 4 aromatic rings. The van der Waals surface area contributed by atoms with Gasteiger partial charge in [-0.15, -0.1) is 0 Å². The van der Waals surface area contributed by atoms with Crippen molar-refractivity contribution >= 4 is 28.6 Å². The summed E-state index contributed by atoms with van der Waals surface area (Å²) in [6, 6.07) is 22.6. The molecule has 1 amide bonds. The van der Waals surface area contributed by atoms with E-state index < -0.39 is 10.8 Å². The first-order valence-electron chi connectivity index (χ1n) is 10.9. The molecular weight excluding hydrogens is 462 g/mol. The molecule has 0 saturated carbocycles. The topological polar surface area (TPSA) is 112 Å². The second-order valence-corrected chi connectivity index (χ2v) is 7.72. The Morgan fingerprint density at radius 2 is 1.67 bits per heavy atom. The molecule has 0 radical (unpaired) electrons. The number of ether oxygens (including phenoxy) is 3. The molecule has 0 aromatic heterocycles. The normalized spacial score (nSPS) is 10.8. The smallest absolute Gasteiger partial charge is 0.275 e. The summed E-state index contributed by atoms with van der Waals surface area (Å²) < 4.78 is 16.6. The average molecular weight is 485 g/mol. The first-order valence-corrected chi connectivity index (χ1v) is 10.9. The van der Waals surface area contributed by atoms with Crippen LogP contribution >= 0.6 is 0 Å². The molecule has 0 aliphatic rings. The lowest BCUT2D eigenvalue weighted by Gasteiger charge is -2.11. The molecule has 9 heteroatoms. The van der Waals surface area contributed by atoms with Gasteiger partial charge in [-0.25, -0.2) is 5.43 Å². The van der Waals surface area contributed by atoms with Crippen molar-refractivity contribution in [2.75, 3.05) is 14.2 Å². The largest absolute Gasteiger partial charge is 0.496 e. The Balaban J connectivity index is 1.43. The molecule has 0 spiro atoms. The molecule has 0 aliphatic carbocycles. The minimum Gasteiger partial charge on any atom is -0.496 e. The first kappa shape index (κ1) is 24.2. The number of nitro groups is 1. The van der Waals surface area contributed by atoms with Gasteiger partial charge < -0.3 is 14.2 Å². The van der Waals surface area contributed by atoms with Crippen LogP contribution in [0.3, 0.4) is 0 Å². The highest BCUT2D eigenvalue weighted by Crippen LogP contribution is 2.29. The lowest BCUT2D eigenvalue weighted by molar-refractivity contribution is -0.384. The van der Waals surface area contributed by atoms with E-state index in [1.165, 1.54) is 32.6 Å². The highest BCUT2D eigenvalue weighted by atomic mass is 16.6. The summed E-state index contributed by atoms with van der Waals surface area (Å²) in [6.45, 7) is 0.134. The fourth-order valence-corrected chi connectivity index (χ4v) is 3.60. The molecule has 0 unspecified atom stereocenters. The van der Waals surface area contributed by atoms with Gasteiger partial charge in [-0.1, -0.05) is 36.4 Å². The van der Waals surface area contributed by atoms with Crippen LogP contribution in [0.1, 0.15) is 21.5 Å². The number of fused-ring (bicyclic) bond motifs is 1. The Bertz CT molecular complexity index is 1450. The number of hydrazone groups is 1. The summed E-state index contributed by atoms with van der Waals surface area (Å²) in [6.07, 6.45) is 1.48. The molecule has 0 saturated heterocycles. The van der Waals surface area contributed by atoms with Crippen molar-refractivity contribution in [1.82, 2.24) is 5.43 Å². The minimum absolute atomic E-state index is 0.00187. The van der Waals surface area contributed by atoms with Crippen LogP contribution in [-0.4, -0.2) is 31.3 Å². The third-order valence-electron chi connectivity index (χ3n) is 5.40. The van der Waals surface area contributed by atoms with E-state index in [2.05, 4.69) is 10.5 Å². The van der Waals surface area contributed by atoms with E-state index in [9.17, 15) is 14.9 Å². The molecule has 9 nitrogen and oxygen atoms in total. The van der Waals surface area contributed by atoms with Gasteiger partial charge in [-0.3, -0.25) is 14.9 Å². The van der Waals surface area contributed by atoms with E-state index in [1.807, 2.05) is 30.3 Å². The van der Waals surface area contributed by atoms with Crippen molar-refractivity contribution in [3.05, 3.63) is 106 Å². The molecule has 0 atom stereocenters. The van der Waals surface area contributed by atoms with Crippen LogP contribution in [0.25, 0.3) is 10.8 Å². The zero-order chi connectivity index (χ0) is 25.5. The SMILES string of the molecule is COc1cc(/C=N\NC(=O)c2cc3ccccc3cc2OC)ccc1OCc1cccc([N+](=O)[O-])c1. The molecule has 182 valence electrons. The minimum atomic E-state index is -0.451. The second kappa shape index (κ2) is 11.0. The van der Waals surface area contributed by atoms with Gasteiger partial charge in [0.1, 0.15) is 12.4 Å². The summed E-state index contributed by atoms with van der Waals surface area (Å²) >= 11 is 0. The second-order valence-electron chi connectivity index (χ2n) is 7.72. The van der Waals surface area contributed by atoms with Crippen molar-refractivity contribution in [3.8, 4) is 17.2 Å². The highest BCUT2D eigenvalue weighted by molar-refractivity contribution is 6.02. The fraction of sp³-hybridized carbons (Fsp3) is 0.111. The van der Waals surface area contributed by atoms with Crippen LogP contribution in [0.5, 0.6) is 17.2 Å². The van der Waals surface area contributed by atoms with Crippen LogP contribution in [0, 0.1) is 10.1 Å². The Morgan fingerprint density at radius 3 is 2.39 bits per heavy atom. The van der Waals surface area contributed by atoms with Gasteiger partial charge in [0.2, 0.25) is 0 Å². The van der Waals surface area contributed by atoms with E-state index in [-0.39, 0.29) is 12.3 Å². The zero-order valence-electron chi connectivity index (χ0n) is 19.6. The number of nitro benzene ring substituents is 1. The average Bonchev–Trinajstić information content (AvgIpc) is 2.91. The maximum absolute atomic E-state index is 12.7. The van der Waals surface area contributed by atoms with E-state index >= 15 is 0 Å². The molecule has 4 aromatic carbocycles. The van der Waals surface area contributed by atoms with Crippen LogP contribution in [0.2, 0.25) is 0 Å². The van der Waals surface area contributed by atoms with E-state index in [0.29, 0.717) is 33.9 Å². The quantitative estimate of drug-likeness (QED) is 0.200. The Hall–Kier alpha value is -4.92. The third kappa shape index (κ3) is 5.58. The van der Waals surface area contributed by atoms with Gasteiger partial charge in [-0.2, -0.15) is 5.10 Å². The summed E-state index contributed by atoms with van der Waals surface area (Å²) in [5, 5.41) is 16.9. The monoisotopic (exact) mass is 485 g/mol. The number of nitrogens with zero attached hydrogens (tertiary/aromatic N) is 2. The number of methoxy groups -OCH3 is 2. The van der Waals surface area contributed by atoms with E-state index in [1.54, 1.807) is 36.4 Å². The highest BCUT2D eigenvalue weighted by Gasteiger charge is 2.13. The summed E-state index contributed by atoms with van der Waals surface area (Å²) in [7, 11) is 3.02. The number of hydrogen-bond donors (Lipinski definition) is 1. The standard InChI is InChI=1S/C27H23N3O6/c1-34-25-15-21-8-4-3-7-20(21)14-23(25)27(31)29-28-16-18-10-11-24(26(13-18)35-2)36-17-19-6-5-9-22(12-19)30(32)33/h3-16H,17H2,1-2H3,(H,29,31)/b28-16-. The van der Waals surface area contributed by atoms with Gasteiger partial charge in [0.05, 0.1) is 30.9 Å². The van der Waals surface area contributed by atoms with Crippen LogP contribution in [-0.2, 0) is 6.61 Å². The number of amides is 1. The first-order chi connectivity index (χ1) is 17.5. The van der Waals surface area contributed by atoms with Crippen molar-refractivity contribution < 1.29 is 23.9 Å². The number of rotatable bonds is 9. The molecule has 0 bridgehead atoms. The fourth-order valence-electron chi connectivity index (χ4n) is 3.60. The molecule has 0 aliphatic heterocycles. The number of hydrogen-bond acceptors (Lipinski definition) is 7. The maximum Gasteiger partial charge on any atom is 0.275 e. The van der Waals surface area contributed by atoms with Crippen LogP contribution in [0.15, 0.2) is 84.0 Å². The summed E-state index contributed by atoms with van der Waals surface area (Å²) in [5.41, 5.74) is 4.22. The third-order valence-corrected chi connectivity index (χ3v) is 5.40. The van der Waals surface area contributed by atoms with Gasteiger partial charge in [0.25, 0.3) is 11.6 Å². The number of carbonyl (C=O) groups is 1. The Labute approximate surface area is 207 Å². The lowest BCUT2D eigenvalue weighted by atomic mass is 10.1.